The highest BCUT2D eigenvalue weighted by molar-refractivity contribution is 5.73. The third-order valence-electron chi connectivity index (χ3n) is 1.64. The van der Waals surface area contributed by atoms with E-state index in [0.29, 0.717) is 0 Å². The van der Waals surface area contributed by atoms with Crippen molar-refractivity contribution >= 4 is 5.96 Å². The Morgan fingerprint density at radius 2 is 1.37 bits per heavy atom. The van der Waals surface area contributed by atoms with Crippen LogP contribution in [0, 0.1) is 25.6 Å². The number of nitrogens with one attached hydrogen (secondary N) is 2. The van der Waals surface area contributed by atoms with E-state index in [1.807, 2.05) is 5.43 Å². The van der Waals surface area contributed by atoms with Gasteiger partial charge in [0.05, 0.1) is 10.2 Å². The summed E-state index contributed by atoms with van der Waals surface area (Å²) in [6.07, 6.45) is 0. The normalized spacial score (nSPS) is 15.0. The topological polar surface area (TPSA) is 224 Å². The average molecular weight is 270 g/mol. The first-order valence-corrected chi connectivity index (χ1v) is 4.30. The summed E-state index contributed by atoms with van der Waals surface area (Å²) in [7, 11) is 0. The zero-order valence-electron chi connectivity index (χ0n) is 8.97. The first kappa shape index (κ1) is 13.8. The summed E-state index contributed by atoms with van der Waals surface area (Å²) < 4.78 is 0. The van der Waals surface area contributed by atoms with Crippen LogP contribution in [0.25, 0.3) is 0 Å². The molecule has 0 radical (unpaired) electrons. The molecule has 2 heterocycles. The maximum Gasteiger partial charge on any atom is 0.423 e. The summed E-state index contributed by atoms with van der Waals surface area (Å²) in [5.41, 5.74) is 6.00. The highest BCUT2D eigenvalue weighted by Crippen LogP contribution is 2.34. The number of nitro groups is 2. The Bertz CT molecular complexity index is 526. The van der Waals surface area contributed by atoms with Crippen LogP contribution in [0.3, 0.4) is 0 Å². The zero-order chi connectivity index (χ0) is 14.6. The van der Waals surface area contributed by atoms with Gasteiger partial charge in [0.25, 0.3) is 0 Å². The SMILES string of the molecule is N=C(N)NN.O=[N+]([O-])C1=C2N=NC([N+](=O)[O-])=C2N=N1. The highest BCUT2D eigenvalue weighted by atomic mass is 16.6. The van der Waals surface area contributed by atoms with Crippen LogP contribution in [0.15, 0.2) is 43.5 Å². The van der Waals surface area contributed by atoms with E-state index in [-0.39, 0.29) is 17.4 Å². The molecule has 2 aliphatic heterocycles. The molecule has 14 nitrogen and oxygen atoms in total. The Labute approximate surface area is 103 Å². The molecule has 0 fully saturated rings. The lowest BCUT2D eigenvalue weighted by Gasteiger charge is -1.85. The molecular formula is C5H6N10O4. The van der Waals surface area contributed by atoms with Crippen molar-refractivity contribution < 1.29 is 9.85 Å². The average Bonchev–Trinajstić information content (AvgIpc) is 2.88. The van der Waals surface area contributed by atoms with Crippen molar-refractivity contribution in [3.8, 4) is 0 Å². The van der Waals surface area contributed by atoms with Crippen LogP contribution in [-0.4, -0.2) is 15.8 Å². The fourth-order valence-electron chi connectivity index (χ4n) is 0.931. The maximum absolute atomic E-state index is 10.3. The van der Waals surface area contributed by atoms with E-state index in [2.05, 4.69) is 32.0 Å². The Kier molecular flexibility index (Phi) is 3.89. The van der Waals surface area contributed by atoms with Crippen LogP contribution in [0.4, 0.5) is 0 Å². The minimum atomic E-state index is -0.826. The second-order valence-corrected chi connectivity index (χ2v) is 2.82. The molecule has 0 amide bonds. The molecule has 6 N–H and O–H groups in total. The summed E-state index contributed by atoms with van der Waals surface area (Å²) in [6.45, 7) is 0. The van der Waals surface area contributed by atoms with Gasteiger partial charge in [0.1, 0.15) is 0 Å². The van der Waals surface area contributed by atoms with Crippen molar-refractivity contribution in [1.29, 1.82) is 5.41 Å². The van der Waals surface area contributed by atoms with E-state index in [0.717, 1.165) is 0 Å². The number of azo groups is 2. The van der Waals surface area contributed by atoms with Crippen LogP contribution in [0.2, 0.25) is 0 Å². The van der Waals surface area contributed by atoms with Gasteiger partial charge in [-0.1, -0.05) is 0 Å². The Morgan fingerprint density at radius 3 is 1.58 bits per heavy atom. The number of guanidine groups is 1. The van der Waals surface area contributed by atoms with Gasteiger partial charge in [-0.3, -0.25) is 10.8 Å². The van der Waals surface area contributed by atoms with Crippen LogP contribution < -0.4 is 17.0 Å². The molecule has 0 aromatic heterocycles. The molecular weight excluding hydrogens is 264 g/mol. The highest BCUT2D eigenvalue weighted by Gasteiger charge is 2.42. The number of nitrogens with two attached hydrogens (primary N) is 2. The molecule has 0 unspecified atom stereocenters. The molecule has 19 heavy (non-hydrogen) atoms. The van der Waals surface area contributed by atoms with Crippen molar-refractivity contribution in [2.45, 2.75) is 0 Å². The van der Waals surface area contributed by atoms with Gasteiger partial charge in [-0.25, -0.2) is 5.84 Å². The second kappa shape index (κ2) is 5.36. The maximum atomic E-state index is 10.3. The lowest BCUT2D eigenvalue weighted by atomic mass is 10.3. The molecule has 0 aromatic rings. The quantitative estimate of drug-likeness (QED) is 0.163. The molecule has 0 bridgehead atoms. The van der Waals surface area contributed by atoms with Gasteiger partial charge in [0, 0.05) is 0 Å². The summed E-state index contributed by atoms with van der Waals surface area (Å²) in [6, 6.07) is 0. The molecule has 0 spiro atoms. The van der Waals surface area contributed by atoms with Crippen molar-refractivity contribution in [3.63, 3.8) is 0 Å². The standard InChI is InChI=1S/C4N6O4.CH6N4/c11-9(12)3-1-2(6-7-3)4(8-5-1)10(13)14;2-1(3)5-4/h;4H2,(H4,2,3,5). The summed E-state index contributed by atoms with van der Waals surface area (Å²) in [5, 5.41) is 39.7. The third kappa shape index (κ3) is 2.88. The fourth-order valence-corrected chi connectivity index (χ4v) is 0.931. The van der Waals surface area contributed by atoms with Crippen molar-refractivity contribution in [3.05, 3.63) is 43.3 Å². The Balaban J connectivity index is 0.000000312. The number of rotatable bonds is 2. The number of hydrogen-bond acceptors (Lipinski definition) is 10. The van der Waals surface area contributed by atoms with Gasteiger partial charge in [-0.15, -0.1) is 0 Å². The van der Waals surface area contributed by atoms with E-state index in [1.54, 1.807) is 0 Å². The minimum absolute atomic E-state index is 0.218. The molecule has 0 saturated carbocycles. The molecule has 0 atom stereocenters. The third-order valence-corrected chi connectivity index (χ3v) is 1.64. The van der Waals surface area contributed by atoms with Crippen LogP contribution in [0.5, 0.6) is 0 Å². The summed E-state index contributed by atoms with van der Waals surface area (Å²) in [4.78, 5) is 19.0. The van der Waals surface area contributed by atoms with Gasteiger partial charge in [0.15, 0.2) is 5.96 Å². The molecule has 0 saturated heterocycles. The molecule has 14 heteroatoms. The molecule has 0 aliphatic carbocycles. The monoisotopic (exact) mass is 270 g/mol. The number of hydrogen-bond donors (Lipinski definition) is 4. The smallest absolute Gasteiger partial charge is 0.369 e. The van der Waals surface area contributed by atoms with Crippen molar-refractivity contribution in [2.24, 2.45) is 32.0 Å². The predicted molar refractivity (Wildman–Crippen MR) is 57.0 cm³/mol. The van der Waals surface area contributed by atoms with Crippen molar-refractivity contribution in [2.75, 3.05) is 0 Å². The van der Waals surface area contributed by atoms with Gasteiger partial charge in [-0.05, 0) is 20.1 Å². The first-order chi connectivity index (χ1) is 8.88. The fraction of sp³-hybridized carbons (Fsp3) is 0. The summed E-state index contributed by atoms with van der Waals surface area (Å²) in [5.74, 6) is 3.11. The van der Waals surface area contributed by atoms with Gasteiger partial charge < -0.3 is 26.0 Å². The van der Waals surface area contributed by atoms with E-state index in [1.165, 1.54) is 0 Å². The Hall–Kier alpha value is -3.29. The van der Waals surface area contributed by atoms with E-state index in [4.69, 9.17) is 5.41 Å². The van der Waals surface area contributed by atoms with Crippen molar-refractivity contribution in [1.82, 2.24) is 5.43 Å². The number of fused-ring (bicyclic) bond motifs is 1. The van der Waals surface area contributed by atoms with Crippen LogP contribution in [0.1, 0.15) is 0 Å². The van der Waals surface area contributed by atoms with Crippen LogP contribution in [-0.2, 0) is 0 Å². The van der Waals surface area contributed by atoms with Gasteiger partial charge >= 0.3 is 11.6 Å². The van der Waals surface area contributed by atoms with Crippen LogP contribution >= 0.6 is 0 Å². The molecule has 0 aromatic carbocycles. The lowest BCUT2D eigenvalue weighted by Crippen LogP contribution is -2.35. The molecule has 100 valence electrons. The van der Waals surface area contributed by atoms with E-state index < -0.39 is 21.5 Å². The van der Waals surface area contributed by atoms with E-state index >= 15 is 0 Å². The first-order valence-electron chi connectivity index (χ1n) is 4.30. The second-order valence-electron chi connectivity index (χ2n) is 2.82. The largest absolute Gasteiger partial charge is 0.423 e. The Morgan fingerprint density at radius 1 is 1.05 bits per heavy atom. The number of hydrazine groups is 1. The van der Waals surface area contributed by atoms with Gasteiger partial charge in [0.2, 0.25) is 11.4 Å². The lowest BCUT2D eigenvalue weighted by molar-refractivity contribution is -0.427. The summed E-state index contributed by atoms with van der Waals surface area (Å²) >= 11 is 0. The molecule has 2 rings (SSSR count). The van der Waals surface area contributed by atoms with E-state index in [9.17, 15) is 20.2 Å². The molecule has 2 aliphatic rings. The zero-order valence-corrected chi connectivity index (χ0v) is 8.97. The predicted octanol–water partition coefficient (Wildman–Crippen LogP) is -0.847. The number of nitrogens with zero attached hydrogens (tertiary/aromatic N) is 6. The minimum Gasteiger partial charge on any atom is -0.369 e. The van der Waals surface area contributed by atoms with Gasteiger partial charge in [-0.2, -0.15) is 0 Å².